The third-order valence-electron chi connectivity index (χ3n) is 4.88. The van der Waals surface area contributed by atoms with E-state index in [4.69, 9.17) is 0 Å². The quantitative estimate of drug-likeness (QED) is 0.650. The van der Waals surface area contributed by atoms with Gasteiger partial charge < -0.3 is 5.32 Å². The molecule has 0 saturated carbocycles. The number of hydrogen-bond acceptors (Lipinski definition) is 3. The molecule has 0 bridgehead atoms. The monoisotopic (exact) mass is 443 g/mol. The Bertz CT molecular complexity index is 1160. The van der Waals surface area contributed by atoms with Gasteiger partial charge in [0.25, 0.3) is 5.56 Å². The summed E-state index contributed by atoms with van der Waals surface area (Å²) < 4.78 is 3.53. The second-order valence-corrected chi connectivity index (χ2v) is 7.74. The Kier molecular flexibility index (Phi) is 5.84. The Hall–Kier alpha value is -2.67. The van der Waals surface area contributed by atoms with Crippen LogP contribution in [0.25, 0.3) is 10.9 Å². The Labute approximate surface area is 170 Å². The van der Waals surface area contributed by atoms with Crippen LogP contribution < -0.4 is 16.6 Å². The Balaban J connectivity index is 2.06. The van der Waals surface area contributed by atoms with E-state index in [-0.39, 0.29) is 24.1 Å². The summed E-state index contributed by atoms with van der Waals surface area (Å²) >= 11 is 3.40. The minimum atomic E-state index is -0.472. The third-order valence-corrected chi connectivity index (χ3v) is 5.37. The van der Waals surface area contributed by atoms with E-state index in [9.17, 15) is 14.4 Å². The average Bonchev–Trinajstić information content (AvgIpc) is 2.67. The predicted molar refractivity (Wildman–Crippen MR) is 115 cm³/mol. The Morgan fingerprint density at radius 3 is 2.57 bits per heavy atom. The maximum Gasteiger partial charge on any atom is 0.332 e. The normalized spacial score (nSPS) is 12.1. The summed E-state index contributed by atoms with van der Waals surface area (Å²) in [6.07, 6.45) is 0.637. The van der Waals surface area contributed by atoms with Crippen molar-refractivity contribution in [1.29, 1.82) is 0 Å². The molecule has 2 aromatic carbocycles. The smallest absolute Gasteiger partial charge is 0.324 e. The molecule has 1 heterocycles. The molecule has 0 radical (unpaired) electrons. The van der Waals surface area contributed by atoms with Gasteiger partial charge in [0.15, 0.2) is 0 Å². The number of carbonyl (C=O) groups excluding carboxylic acids is 1. The maximum absolute atomic E-state index is 13.0. The summed E-state index contributed by atoms with van der Waals surface area (Å²) in [5.41, 5.74) is 1.25. The molecule has 0 aliphatic rings. The fourth-order valence-electron chi connectivity index (χ4n) is 3.16. The van der Waals surface area contributed by atoms with Crippen LogP contribution in [0.4, 0.5) is 5.69 Å². The van der Waals surface area contributed by atoms with Gasteiger partial charge in [0.05, 0.1) is 10.9 Å². The van der Waals surface area contributed by atoms with E-state index in [1.54, 1.807) is 30.3 Å². The van der Waals surface area contributed by atoms with Gasteiger partial charge >= 0.3 is 5.69 Å². The summed E-state index contributed by atoms with van der Waals surface area (Å²) in [5, 5.41) is 3.27. The lowest BCUT2D eigenvalue weighted by atomic mass is 10.2. The average molecular weight is 444 g/mol. The number of amides is 1. The van der Waals surface area contributed by atoms with Crippen molar-refractivity contribution < 1.29 is 4.79 Å². The molecule has 0 aliphatic heterocycles. The molecule has 1 N–H and O–H groups in total. The van der Waals surface area contributed by atoms with E-state index in [0.717, 1.165) is 10.0 Å². The standard InChI is InChI=1S/C21H22BrN3O3/c1-4-14(3)25-20(27)16-7-5-6-8-18(16)24(21(25)28)12-19(26)23-17-10-9-15(22)11-13(17)2/h5-11,14H,4,12H2,1-3H3,(H,23,26)/t14-/m1/s1. The zero-order chi connectivity index (χ0) is 20.4. The van der Waals surface area contributed by atoms with Crippen molar-refractivity contribution in [3.05, 3.63) is 73.3 Å². The Morgan fingerprint density at radius 1 is 1.18 bits per heavy atom. The highest BCUT2D eigenvalue weighted by Crippen LogP contribution is 2.20. The first kappa shape index (κ1) is 20.1. The van der Waals surface area contributed by atoms with Crippen molar-refractivity contribution in [3.63, 3.8) is 0 Å². The molecule has 0 saturated heterocycles. The number of anilines is 1. The second kappa shape index (κ2) is 8.14. The molecular weight excluding hydrogens is 422 g/mol. The summed E-state index contributed by atoms with van der Waals surface area (Å²) in [7, 11) is 0. The van der Waals surface area contributed by atoms with Crippen molar-refractivity contribution in [3.8, 4) is 0 Å². The van der Waals surface area contributed by atoms with E-state index in [2.05, 4.69) is 21.2 Å². The molecule has 0 aliphatic carbocycles. The first-order valence-electron chi connectivity index (χ1n) is 9.13. The van der Waals surface area contributed by atoms with Crippen LogP contribution in [0.3, 0.4) is 0 Å². The number of rotatable bonds is 5. The molecule has 3 rings (SSSR count). The number of hydrogen-bond donors (Lipinski definition) is 1. The number of fused-ring (bicyclic) bond motifs is 1. The van der Waals surface area contributed by atoms with Crippen LogP contribution >= 0.6 is 15.9 Å². The van der Waals surface area contributed by atoms with Crippen molar-refractivity contribution in [2.24, 2.45) is 0 Å². The molecule has 146 valence electrons. The SMILES string of the molecule is CC[C@@H](C)n1c(=O)c2ccccc2n(CC(=O)Nc2ccc(Br)cc2C)c1=O. The number of nitrogens with one attached hydrogen (secondary N) is 1. The topological polar surface area (TPSA) is 73.1 Å². The first-order valence-corrected chi connectivity index (χ1v) is 9.92. The fraction of sp³-hybridized carbons (Fsp3) is 0.286. The van der Waals surface area contributed by atoms with Gasteiger partial charge in [-0.2, -0.15) is 0 Å². The van der Waals surface area contributed by atoms with Crippen molar-refractivity contribution >= 4 is 38.4 Å². The minimum absolute atomic E-state index is 0.175. The summed E-state index contributed by atoms with van der Waals surface area (Å²) in [6.45, 7) is 5.46. The molecule has 28 heavy (non-hydrogen) atoms. The summed E-state index contributed by atoms with van der Waals surface area (Å²) in [4.78, 5) is 38.5. The summed E-state index contributed by atoms with van der Waals surface area (Å²) in [6, 6.07) is 12.2. The molecule has 6 nitrogen and oxygen atoms in total. The molecule has 0 fully saturated rings. The zero-order valence-corrected chi connectivity index (χ0v) is 17.6. The zero-order valence-electron chi connectivity index (χ0n) is 16.0. The molecule has 0 unspecified atom stereocenters. The molecular formula is C21H22BrN3O3. The number of nitrogens with zero attached hydrogens (tertiary/aromatic N) is 2. The third kappa shape index (κ3) is 3.80. The highest BCUT2D eigenvalue weighted by atomic mass is 79.9. The van der Waals surface area contributed by atoms with Gasteiger partial charge in [0, 0.05) is 16.2 Å². The predicted octanol–water partition coefficient (Wildman–Crippen LogP) is 3.84. The van der Waals surface area contributed by atoms with Crippen LogP contribution in [-0.2, 0) is 11.3 Å². The second-order valence-electron chi connectivity index (χ2n) is 6.83. The van der Waals surface area contributed by atoms with Crippen LogP contribution in [0, 0.1) is 6.92 Å². The number of benzene rings is 2. The van der Waals surface area contributed by atoms with Crippen molar-refractivity contribution in [2.75, 3.05) is 5.32 Å². The Morgan fingerprint density at radius 2 is 1.89 bits per heavy atom. The number of aromatic nitrogens is 2. The first-order chi connectivity index (χ1) is 13.3. The number of carbonyl (C=O) groups is 1. The lowest BCUT2D eigenvalue weighted by molar-refractivity contribution is -0.116. The van der Waals surface area contributed by atoms with Crippen LogP contribution in [0.15, 0.2) is 56.5 Å². The number of para-hydroxylation sites is 1. The molecule has 1 aromatic heterocycles. The van der Waals surface area contributed by atoms with Gasteiger partial charge in [-0.05, 0) is 56.2 Å². The fourth-order valence-corrected chi connectivity index (χ4v) is 3.64. The molecule has 7 heteroatoms. The number of halogens is 1. The molecule has 1 amide bonds. The van der Waals surface area contributed by atoms with Crippen molar-refractivity contribution in [1.82, 2.24) is 9.13 Å². The van der Waals surface area contributed by atoms with E-state index < -0.39 is 5.69 Å². The summed E-state index contributed by atoms with van der Waals surface area (Å²) in [5.74, 6) is -0.327. The maximum atomic E-state index is 13.0. The molecule has 0 spiro atoms. The number of aryl methyl sites for hydroxylation is 1. The van der Waals surface area contributed by atoms with Gasteiger partial charge in [-0.1, -0.05) is 35.0 Å². The van der Waals surface area contributed by atoms with Gasteiger partial charge in [-0.25, -0.2) is 4.79 Å². The van der Waals surface area contributed by atoms with Crippen LogP contribution in [0.5, 0.6) is 0 Å². The van der Waals surface area contributed by atoms with E-state index >= 15 is 0 Å². The lowest BCUT2D eigenvalue weighted by Gasteiger charge is -2.17. The van der Waals surface area contributed by atoms with E-state index in [1.165, 1.54) is 9.13 Å². The van der Waals surface area contributed by atoms with Crippen LogP contribution in [0.1, 0.15) is 31.9 Å². The lowest BCUT2D eigenvalue weighted by Crippen LogP contribution is -2.43. The highest BCUT2D eigenvalue weighted by Gasteiger charge is 2.18. The van der Waals surface area contributed by atoms with Gasteiger partial charge in [0.2, 0.25) is 5.91 Å². The van der Waals surface area contributed by atoms with Gasteiger partial charge in [-0.15, -0.1) is 0 Å². The van der Waals surface area contributed by atoms with Gasteiger partial charge in [0.1, 0.15) is 6.54 Å². The largest absolute Gasteiger partial charge is 0.332 e. The van der Waals surface area contributed by atoms with E-state index in [1.807, 2.05) is 32.9 Å². The minimum Gasteiger partial charge on any atom is -0.324 e. The molecule has 3 aromatic rings. The van der Waals surface area contributed by atoms with Crippen molar-refractivity contribution in [2.45, 2.75) is 39.8 Å². The van der Waals surface area contributed by atoms with Crippen LogP contribution in [0.2, 0.25) is 0 Å². The highest BCUT2D eigenvalue weighted by molar-refractivity contribution is 9.10. The van der Waals surface area contributed by atoms with Gasteiger partial charge in [-0.3, -0.25) is 18.7 Å². The van der Waals surface area contributed by atoms with E-state index in [0.29, 0.717) is 23.0 Å². The van der Waals surface area contributed by atoms with Crippen LogP contribution in [-0.4, -0.2) is 15.0 Å². The molecule has 1 atom stereocenters.